The van der Waals surface area contributed by atoms with E-state index in [0.717, 1.165) is 0 Å². The minimum Gasteiger partial charge on any atom is -0.462 e. The fraction of sp³-hybridized carbons (Fsp3) is 0.429. The third kappa shape index (κ3) is 3.26. The number of likely N-dealkylation sites (tertiary alicyclic amines) is 1. The molecule has 1 aromatic rings. The highest BCUT2D eigenvalue weighted by Crippen LogP contribution is 2.20. The summed E-state index contributed by atoms with van der Waals surface area (Å²) >= 11 is 5.92. The maximum atomic E-state index is 11.8. The normalized spacial score (nSPS) is 18.7. The topological polar surface area (TPSA) is 46.6 Å². The number of ether oxygens (including phenoxy) is 1. The van der Waals surface area contributed by atoms with E-state index < -0.39 is 5.97 Å². The Balaban J connectivity index is 1.88. The largest absolute Gasteiger partial charge is 0.462 e. The molecule has 0 radical (unpaired) electrons. The first kappa shape index (κ1) is 13.9. The zero-order valence-electron chi connectivity index (χ0n) is 10.8. The number of rotatable bonds is 4. The van der Waals surface area contributed by atoms with Crippen LogP contribution in [0.15, 0.2) is 24.3 Å². The molecule has 1 heterocycles. The number of hydrogen-bond donors (Lipinski definition) is 0. The number of benzene rings is 1. The molecule has 1 fully saturated rings. The number of carbonyl (C=O) groups is 2. The molecular formula is C14H16ClNO3. The van der Waals surface area contributed by atoms with E-state index in [1.807, 2.05) is 6.92 Å². The summed E-state index contributed by atoms with van der Waals surface area (Å²) in [5, 5.41) is 0.380. The van der Waals surface area contributed by atoms with Gasteiger partial charge in [-0.25, -0.2) is 4.79 Å². The van der Waals surface area contributed by atoms with Gasteiger partial charge in [-0.15, -0.1) is 0 Å². The van der Waals surface area contributed by atoms with Gasteiger partial charge in [0.15, 0.2) is 0 Å². The van der Waals surface area contributed by atoms with Gasteiger partial charge < -0.3 is 9.64 Å². The van der Waals surface area contributed by atoms with Crippen molar-refractivity contribution in [1.82, 2.24) is 4.90 Å². The Hall–Kier alpha value is -1.55. The van der Waals surface area contributed by atoms with Crippen LogP contribution in [0.1, 0.15) is 23.7 Å². The third-order valence-electron chi connectivity index (χ3n) is 3.22. The molecule has 0 unspecified atom stereocenters. The molecule has 1 aromatic carbocycles. The van der Waals surface area contributed by atoms with Gasteiger partial charge in [0.05, 0.1) is 17.2 Å². The molecule has 5 heteroatoms. The SMILES string of the molecule is CCN1C[C@@H](COC(=O)c2ccccc2Cl)CC1=O. The smallest absolute Gasteiger partial charge is 0.339 e. The average molecular weight is 282 g/mol. The summed E-state index contributed by atoms with van der Waals surface area (Å²) in [6.07, 6.45) is 0.448. The van der Waals surface area contributed by atoms with Crippen molar-refractivity contribution in [2.24, 2.45) is 5.92 Å². The van der Waals surface area contributed by atoms with Crippen molar-refractivity contribution < 1.29 is 14.3 Å². The van der Waals surface area contributed by atoms with Gasteiger partial charge in [-0.05, 0) is 19.1 Å². The maximum absolute atomic E-state index is 11.8. The second-order valence-corrected chi connectivity index (χ2v) is 4.99. The van der Waals surface area contributed by atoms with Crippen molar-refractivity contribution in [3.05, 3.63) is 34.9 Å². The second kappa shape index (κ2) is 6.06. The summed E-state index contributed by atoms with van der Waals surface area (Å²) in [6.45, 7) is 3.56. The molecule has 1 atom stereocenters. The summed E-state index contributed by atoms with van der Waals surface area (Å²) in [5.74, 6) is -0.229. The monoisotopic (exact) mass is 281 g/mol. The molecule has 1 saturated heterocycles. The lowest BCUT2D eigenvalue weighted by Gasteiger charge is -2.13. The Labute approximate surface area is 117 Å². The molecule has 102 valence electrons. The maximum Gasteiger partial charge on any atom is 0.339 e. The summed E-state index contributed by atoms with van der Waals surface area (Å²) in [6, 6.07) is 6.77. The van der Waals surface area contributed by atoms with Crippen molar-refractivity contribution in [2.45, 2.75) is 13.3 Å². The molecule has 1 aliphatic heterocycles. The van der Waals surface area contributed by atoms with Crippen LogP contribution >= 0.6 is 11.6 Å². The van der Waals surface area contributed by atoms with Crippen LogP contribution in [0.2, 0.25) is 5.02 Å². The van der Waals surface area contributed by atoms with Crippen LogP contribution in [0.3, 0.4) is 0 Å². The van der Waals surface area contributed by atoms with E-state index in [0.29, 0.717) is 30.1 Å². The number of amides is 1. The van der Waals surface area contributed by atoms with Gasteiger partial charge in [0.2, 0.25) is 5.91 Å². The number of carbonyl (C=O) groups excluding carboxylic acids is 2. The lowest BCUT2D eigenvalue weighted by Crippen LogP contribution is -2.25. The van der Waals surface area contributed by atoms with Gasteiger partial charge in [0, 0.05) is 25.4 Å². The van der Waals surface area contributed by atoms with Crippen molar-refractivity contribution in [3.63, 3.8) is 0 Å². The Morgan fingerprint density at radius 2 is 2.21 bits per heavy atom. The van der Waals surface area contributed by atoms with E-state index in [-0.39, 0.29) is 18.4 Å². The number of nitrogens with zero attached hydrogens (tertiary/aromatic N) is 1. The van der Waals surface area contributed by atoms with Crippen molar-refractivity contribution in [1.29, 1.82) is 0 Å². The van der Waals surface area contributed by atoms with Crippen molar-refractivity contribution in [2.75, 3.05) is 19.7 Å². The van der Waals surface area contributed by atoms with E-state index in [9.17, 15) is 9.59 Å². The molecule has 2 rings (SSSR count). The predicted octanol–water partition coefficient (Wildman–Crippen LogP) is 2.37. The molecule has 0 spiro atoms. The number of esters is 1. The molecule has 0 N–H and O–H groups in total. The van der Waals surface area contributed by atoms with Crippen LogP contribution in [-0.2, 0) is 9.53 Å². The van der Waals surface area contributed by atoms with Crippen LogP contribution in [0, 0.1) is 5.92 Å². The zero-order valence-corrected chi connectivity index (χ0v) is 11.5. The van der Waals surface area contributed by atoms with E-state index in [2.05, 4.69) is 0 Å². The van der Waals surface area contributed by atoms with Gasteiger partial charge in [-0.1, -0.05) is 23.7 Å². The second-order valence-electron chi connectivity index (χ2n) is 4.58. The predicted molar refractivity (Wildman–Crippen MR) is 72.1 cm³/mol. The van der Waals surface area contributed by atoms with E-state index in [1.54, 1.807) is 29.2 Å². The number of halogens is 1. The molecule has 0 saturated carbocycles. The summed E-state index contributed by atoms with van der Waals surface area (Å²) < 4.78 is 5.23. The lowest BCUT2D eigenvalue weighted by molar-refractivity contribution is -0.127. The van der Waals surface area contributed by atoms with Crippen LogP contribution in [-0.4, -0.2) is 36.5 Å². The Bertz CT molecular complexity index is 489. The summed E-state index contributed by atoms with van der Waals surface area (Å²) in [7, 11) is 0. The van der Waals surface area contributed by atoms with Gasteiger partial charge in [0.25, 0.3) is 0 Å². The van der Waals surface area contributed by atoms with E-state index in [1.165, 1.54) is 0 Å². The van der Waals surface area contributed by atoms with E-state index >= 15 is 0 Å². The quantitative estimate of drug-likeness (QED) is 0.796. The van der Waals surface area contributed by atoms with Crippen LogP contribution < -0.4 is 0 Å². The standard InChI is InChI=1S/C14H16ClNO3/c1-2-16-8-10(7-13(16)17)9-19-14(18)11-5-3-4-6-12(11)15/h3-6,10H,2,7-9H2,1H3/t10-/m0/s1. The average Bonchev–Trinajstić information content (AvgIpc) is 2.77. The van der Waals surface area contributed by atoms with E-state index in [4.69, 9.17) is 16.3 Å². The third-order valence-corrected chi connectivity index (χ3v) is 3.55. The summed E-state index contributed by atoms with van der Waals surface area (Å²) in [5.41, 5.74) is 0.362. The van der Waals surface area contributed by atoms with Gasteiger partial charge >= 0.3 is 5.97 Å². The number of hydrogen-bond acceptors (Lipinski definition) is 3. The Morgan fingerprint density at radius 3 is 2.84 bits per heavy atom. The van der Waals surface area contributed by atoms with Crippen molar-refractivity contribution in [3.8, 4) is 0 Å². The zero-order chi connectivity index (χ0) is 13.8. The fourth-order valence-electron chi connectivity index (χ4n) is 2.17. The van der Waals surface area contributed by atoms with Gasteiger partial charge in [-0.3, -0.25) is 4.79 Å². The molecule has 1 aliphatic rings. The van der Waals surface area contributed by atoms with Crippen LogP contribution in [0.4, 0.5) is 0 Å². The lowest BCUT2D eigenvalue weighted by atomic mass is 10.1. The van der Waals surface area contributed by atoms with Crippen molar-refractivity contribution >= 4 is 23.5 Å². The van der Waals surface area contributed by atoms with Gasteiger partial charge in [0.1, 0.15) is 0 Å². The minimum absolute atomic E-state index is 0.0823. The Morgan fingerprint density at radius 1 is 1.47 bits per heavy atom. The van der Waals surface area contributed by atoms with Crippen LogP contribution in [0.25, 0.3) is 0 Å². The first-order chi connectivity index (χ1) is 9.11. The summed E-state index contributed by atoms with van der Waals surface area (Å²) in [4.78, 5) is 25.2. The van der Waals surface area contributed by atoms with Gasteiger partial charge in [-0.2, -0.15) is 0 Å². The molecule has 4 nitrogen and oxygen atoms in total. The highest BCUT2D eigenvalue weighted by molar-refractivity contribution is 6.33. The molecule has 0 aromatic heterocycles. The molecule has 1 amide bonds. The highest BCUT2D eigenvalue weighted by Gasteiger charge is 2.29. The van der Waals surface area contributed by atoms with Crippen LogP contribution in [0.5, 0.6) is 0 Å². The molecular weight excluding hydrogens is 266 g/mol. The highest BCUT2D eigenvalue weighted by atomic mass is 35.5. The first-order valence-corrected chi connectivity index (χ1v) is 6.69. The Kier molecular flexibility index (Phi) is 4.43. The fourth-order valence-corrected chi connectivity index (χ4v) is 2.38. The first-order valence-electron chi connectivity index (χ1n) is 6.31. The molecule has 0 bridgehead atoms. The molecule has 19 heavy (non-hydrogen) atoms. The molecule has 0 aliphatic carbocycles. The minimum atomic E-state index is -0.437.